The number of hydrogen-bond acceptors (Lipinski definition) is 6. The van der Waals surface area contributed by atoms with Crippen LogP contribution in [-0.2, 0) is 11.2 Å². The van der Waals surface area contributed by atoms with Crippen molar-refractivity contribution in [2.45, 2.75) is 25.8 Å². The molecular weight excluding hydrogens is 208 g/mol. The van der Waals surface area contributed by atoms with Crippen molar-refractivity contribution >= 4 is 5.95 Å². The first kappa shape index (κ1) is 11.3. The molecule has 6 heteroatoms. The van der Waals surface area contributed by atoms with Crippen LogP contribution >= 0.6 is 0 Å². The van der Waals surface area contributed by atoms with Gasteiger partial charge in [0.05, 0.1) is 13.2 Å². The van der Waals surface area contributed by atoms with Gasteiger partial charge in [-0.2, -0.15) is 4.98 Å². The lowest BCUT2D eigenvalue weighted by molar-refractivity contribution is 0.121. The summed E-state index contributed by atoms with van der Waals surface area (Å²) < 4.78 is 10.4. The first-order chi connectivity index (χ1) is 7.79. The zero-order chi connectivity index (χ0) is 11.4. The maximum Gasteiger partial charge on any atom is 0.266 e. The molecule has 1 aromatic heterocycles. The van der Waals surface area contributed by atoms with E-state index in [0.717, 1.165) is 32.7 Å². The summed E-state index contributed by atoms with van der Waals surface area (Å²) in [5.74, 6) is 1.28. The SMILES string of the molecule is CCC(N)Cc1nc(N2CCOCC2)no1. The van der Waals surface area contributed by atoms with Crippen LogP contribution in [0.3, 0.4) is 0 Å². The molecule has 1 aromatic rings. The van der Waals surface area contributed by atoms with Gasteiger partial charge in [0, 0.05) is 25.6 Å². The van der Waals surface area contributed by atoms with Gasteiger partial charge in [-0.25, -0.2) is 0 Å². The molecule has 0 aliphatic carbocycles. The fraction of sp³-hybridized carbons (Fsp3) is 0.800. The third kappa shape index (κ3) is 2.70. The number of anilines is 1. The average molecular weight is 226 g/mol. The molecule has 0 aromatic carbocycles. The van der Waals surface area contributed by atoms with Crippen molar-refractivity contribution in [1.82, 2.24) is 10.1 Å². The van der Waals surface area contributed by atoms with Crippen LogP contribution in [0.4, 0.5) is 5.95 Å². The average Bonchev–Trinajstić information content (AvgIpc) is 2.78. The van der Waals surface area contributed by atoms with E-state index in [-0.39, 0.29) is 6.04 Å². The standard InChI is InChI=1S/C10H18N4O2/c1-2-8(11)7-9-12-10(13-16-9)14-3-5-15-6-4-14/h8H,2-7,11H2,1H3. The summed E-state index contributed by atoms with van der Waals surface area (Å²) in [6.07, 6.45) is 1.56. The van der Waals surface area contributed by atoms with Gasteiger partial charge in [0.1, 0.15) is 0 Å². The topological polar surface area (TPSA) is 77.4 Å². The minimum Gasteiger partial charge on any atom is -0.378 e. The van der Waals surface area contributed by atoms with Crippen LogP contribution in [0.1, 0.15) is 19.2 Å². The number of ether oxygens (including phenoxy) is 1. The predicted octanol–water partition coefficient (Wildman–Crippen LogP) is 0.186. The molecule has 1 fully saturated rings. The molecule has 2 N–H and O–H groups in total. The second-order valence-electron chi connectivity index (χ2n) is 3.96. The Morgan fingerprint density at radius 3 is 2.88 bits per heavy atom. The quantitative estimate of drug-likeness (QED) is 0.789. The third-order valence-corrected chi connectivity index (χ3v) is 2.71. The highest BCUT2D eigenvalue weighted by Crippen LogP contribution is 2.12. The fourth-order valence-electron chi connectivity index (χ4n) is 1.59. The predicted molar refractivity (Wildman–Crippen MR) is 59.3 cm³/mol. The van der Waals surface area contributed by atoms with Crippen molar-refractivity contribution in [2.75, 3.05) is 31.2 Å². The van der Waals surface area contributed by atoms with Crippen molar-refractivity contribution in [3.05, 3.63) is 5.89 Å². The van der Waals surface area contributed by atoms with E-state index in [1.807, 2.05) is 6.92 Å². The van der Waals surface area contributed by atoms with Crippen LogP contribution in [-0.4, -0.2) is 42.5 Å². The van der Waals surface area contributed by atoms with Crippen molar-refractivity contribution in [3.8, 4) is 0 Å². The molecule has 6 nitrogen and oxygen atoms in total. The number of morpholine rings is 1. The Balaban J connectivity index is 1.95. The van der Waals surface area contributed by atoms with Gasteiger partial charge in [0.15, 0.2) is 0 Å². The molecule has 16 heavy (non-hydrogen) atoms. The summed E-state index contributed by atoms with van der Waals surface area (Å²) in [5.41, 5.74) is 5.83. The van der Waals surface area contributed by atoms with Gasteiger partial charge in [-0.15, -0.1) is 0 Å². The smallest absolute Gasteiger partial charge is 0.266 e. The Hall–Kier alpha value is -1.14. The van der Waals surface area contributed by atoms with E-state index < -0.39 is 0 Å². The molecule has 2 rings (SSSR count). The lowest BCUT2D eigenvalue weighted by Crippen LogP contribution is -2.36. The Bertz CT molecular complexity index is 322. The van der Waals surface area contributed by atoms with Crippen LogP contribution < -0.4 is 10.6 Å². The van der Waals surface area contributed by atoms with Crippen molar-refractivity contribution in [3.63, 3.8) is 0 Å². The second-order valence-corrected chi connectivity index (χ2v) is 3.96. The zero-order valence-electron chi connectivity index (χ0n) is 9.56. The molecule has 1 aliphatic heterocycles. The van der Waals surface area contributed by atoms with E-state index in [0.29, 0.717) is 18.3 Å². The number of nitrogens with two attached hydrogens (primary N) is 1. The minimum absolute atomic E-state index is 0.0954. The van der Waals surface area contributed by atoms with Crippen LogP contribution in [0, 0.1) is 0 Å². The normalized spacial score (nSPS) is 18.8. The van der Waals surface area contributed by atoms with Crippen LogP contribution in [0.25, 0.3) is 0 Å². The Morgan fingerprint density at radius 1 is 1.44 bits per heavy atom. The number of nitrogens with zero attached hydrogens (tertiary/aromatic N) is 3. The third-order valence-electron chi connectivity index (χ3n) is 2.71. The van der Waals surface area contributed by atoms with E-state index in [2.05, 4.69) is 15.0 Å². The van der Waals surface area contributed by atoms with Gasteiger partial charge in [-0.05, 0) is 11.6 Å². The first-order valence-corrected chi connectivity index (χ1v) is 5.70. The minimum atomic E-state index is 0.0954. The Morgan fingerprint density at radius 2 is 2.19 bits per heavy atom. The molecule has 2 heterocycles. The Labute approximate surface area is 94.7 Å². The van der Waals surface area contributed by atoms with E-state index >= 15 is 0 Å². The van der Waals surface area contributed by atoms with Gasteiger partial charge in [-0.3, -0.25) is 0 Å². The highest BCUT2D eigenvalue weighted by molar-refractivity contribution is 5.28. The van der Waals surface area contributed by atoms with Crippen LogP contribution in [0.5, 0.6) is 0 Å². The molecule has 1 aliphatic rings. The molecule has 1 saturated heterocycles. The summed E-state index contributed by atoms with van der Waals surface area (Å²) in [4.78, 5) is 6.40. The monoisotopic (exact) mass is 226 g/mol. The summed E-state index contributed by atoms with van der Waals surface area (Å²) in [5, 5.41) is 3.96. The fourth-order valence-corrected chi connectivity index (χ4v) is 1.59. The molecule has 0 spiro atoms. The van der Waals surface area contributed by atoms with E-state index in [4.69, 9.17) is 15.0 Å². The van der Waals surface area contributed by atoms with E-state index in [1.165, 1.54) is 0 Å². The molecule has 0 bridgehead atoms. The van der Waals surface area contributed by atoms with Crippen LogP contribution in [0.15, 0.2) is 4.52 Å². The van der Waals surface area contributed by atoms with Gasteiger partial charge in [0.25, 0.3) is 5.95 Å². The summed E-state index contributed by atoms with van der Waals surface area (Å²) in [7, 11) is 0. The van der Waals surface area contributed by atoms with Crippen molar-refractivity contribution < 1.29 is 9.26 Å². The van der Waals surface area contributed by atoms with Crippen molar-refractivity contribution in [2.24, 2.45) is 5.73 Å². The molecular formula is C10H18N4O2. The van der Waals surface area contributed by atoms with Crippen LogP contribution in [0.2, 0.25) is 0 Å². The highest BCUT2D eigenvalue weighted by Gasteiger charge is 2.17. The van der Waals surface area contributed by atoms with Gasteiger partial charge in [0.2, 0.25) is 5.89 Å². The number of aromatic nitrogens is 2. The maximum atomic E-state index is 5.83. The molecule has 0 saturated carbocycles. The molecule has 0 amide bonds. The summed E-state index contributed by atoms with van der Waals surface area (Å²) in [6, 6.07) is 0.0954. The first-order valence-electron chi connectivity index (χ1n) is 5.70. The van der Waals surface area contributed by atoms with E-state index in [9.17, 15) is 0 Å². The number of rotatable bonds is 4. The number of hydrogen-bond donors (Lipinski definition) is 1. The molecule has 1 atom stereocenters. The van der Waals surface area contributed by atoms with Gasteiger partial charge < -0.3 is 19.9 Å². The van der Waals surface area contributed by atoms with Gasteiger partial charge in [-0.1, -0.05) is 6.92 Å². The Kier molecular flexibility index (Phi) is 3.74. The van der Waals surface area contributed by atoms with E-state index in [1.54, 1.807) is 0 Å². The van der Waals surface area contributed by atoms with Gasteiger partial charge >= 0.3 is 0 Å². The highest BCUT2D eigenvalue weighted by atomic mass is 16.5. The largest absolute Gasteiger partial charge is 0.378 e. The maximum absolute atomic E-state index is 5.83. The zero-order valence-corrected chi connectivity index (χ0v) is 9.56. The lowest BCUT2D eigenvalue weighted by Gasteiger charge is -2.24. The summed E-state index contributed by atoms with van der Waals surface area (Å²) >= 11 is 0. The lowest BCUT2D eigenvalue weighted by atomic mass is 10.2. The second kappa shape index (κ2) is 5.27. The molecule has 0 radical (unpaired) electrons. The summed E-state index contributed by atoms with van der Waals surface area (Å²) in [6.45, 7) is 5.12. The van der Waals surface area contributed by atoms with Crippen molar-refractivity contribution in [1.29, 1.82) is 0 Å². The molecule has 90 valence electrons. The molecule has 1 unspecified atom stereocenters.